The predicted octanol–water partition coefficient (Wildman–Crippen LogP) is 11.9. The molecule has 0 aliphatic carbocycles. The Kier molecular flexibility index (Phi) is 9.08. The van der Waals surface area contributed by atoms with Crippen LogP contribution in [0.4, 0.5) is 28.4 Å². The van der Waals surface area contributed by atoms with Crippen molar-refractivity contribution in [1.29, 1.82) is 0 Å². The van der Waals surface area contributed by atoms with Gasteiger partial charge >= 0.3 is 0 Å². The lowest BCUT2D eigenvalue weighted by molar-refractivity contribution is 1.20. The first-order chi connectivity index (χ1) is 20.8. The summed E-state index contributed by atoms with van der Waals surface area (Å²) in [5, 5.41) is 0. The first-order valence-electron chi connectivity index (χ1n) is 14.8. The van der Waals surface area contributed by atoms with Crippen molar-refractivity contribution >= 4 is 28.4 Å². The Labute approximate surface area is 257 Å². The van der Waals surface area contributed by atoms with Gasteiger partial charge in [-0.3, -0.25) is 0 Å². The van der Waals surface area contributed by atoms with Crippen LogP contribution in [0.3, 0.4) is 0 Å². The molecule has 43 heavy (non-hydrogen) atoms. The smallest absolute Gasteiger partial charge is 0.0462 e. The third-order valence-electron chi connectivity index (χ3n) is 7.52. The minimum Gasteiger partial charge on any atom is -0.311 e. The van der Waals surface area contributed by atoms with E-state index >= 15 is 0 Å². The van der Waals surface area contributed by atoms with E-state index in [0.717, 1.165) is 34.1 Å². The van der Waals surface area contributed by atoms with Crippen molar-refractivity contribution in [2.45, 2.75) is 34.6 Å². The molecule has 0 saturated carbocycles. The van der Waals surface area contributed by atoms with Crippen LogP contribution in [0.1, 0.15) is 30.5 Å². The lowest BCUT2D eigenvalue weighted by Gasteiger charge is -2.27. The zero-order valence-corrected chi connectivity index (χ0v) is 25.9. The predicted molar refractivity (Wildman–Crippen MR) is 187 cm³/mol. The Morgan fingerprint density at radius 2 is 0.791 bits per heavy atom. The third-order valence-corrected chi connectivity index (χ3v) is 7.52. The molecule has 214 valence electrons. The molecule has 0 aromatic heterocycles. The van der Waals surface area contributed by atoms with Crippen molar-refractivity contribution in [2.24, 2.45) is 0 Å². The maximum atomic E-state index is 4.12. The molecule has 5 rings (SSSR count). The summed E-state index contributed by atoms with van der Waals surface area (Å²) in [4.78, 5) is 4.56. The number of nitrogens with zero attached hydrogens (tertiary/aromatic N) is 2. The minimum atomic E-state index is 1.02. The normalized spacial score (nSPS) is 11.1. The quantitative estimate of drug-likeness (QED) is 0.165. The second-order valence-corrected chi connectivity index (χ2v) is 11.3. The summed E-state index contributed by atoms with van der Waals surface area (Å²) in [6, 6.07) is 43.6. The Bertz CT molecular complexity index is 1670. The average Bonchev–Trinajstić information content (AvgIpc) is 3.02. The first kappa shape index (κ1) is 29.4. The van der Waals surface area contributed by atoms with E-state index in [4.69, 9.17) is 0 Å². The van der Waals surface area contributed by atoms with Gasteiger partial charge in [0.1, 0.15) is 0 Å². The molecule has 0 unspecified atom stereocenters. The van der Waals surface area contributed by atoms with E-state index in [1.54, 1.807) is 0 Å². The van der Waals surface area contributed by atoms with Gasteiger partial charge in [0.15, 0.2) is 0 Å². The largest absolute Gasteiger partial charge is 0.311 e. The fourth-order valence-corrected chi connectivity index (χ4v) is 5.07. The Morgan fingerprint density at radius 1 is 0.465 bits per heavy atom. The number of hydrogen-bond donors (Lipinski definition) is 0. The standard InChI is InChI=1S/C41H40N2/c1-7-36(19-8-30(2)3)42(37-20-9-31(4)10-21-37)40-26-15-34(16-27-40)35-17-28-41(29-18-35)43(38-22-11-32(5)12-23-38)39-24-13-33(6)14-25-39/h7-29H,1H2,2-6H3/b36-19+. The number of rotatable bonds is 9. The molecule has 0 N–H and O–H groups in total. The lowest BCUT2D eigenvalue weighted by Crippen LogP contribution is -2.15. The molecule has 0 aliphatic heterocycles. The highest BCUT2D eigenvalue weighted by Gasteiger charge is 2.15. The van der Waals surface area contributed by atoms with Crippen LogP contribution in [0, 0.1) is 20.8 Å². The monoisotopic (exact) mass is 560 g/mol. The molecule has 0 saturated heterocycles. The summed E-state index contributed by atoms with van der Waals surface area (Å²) < 4.78 is 0. The second-order valence-electron chi connectivity index (χ2n) is 11.3. The first-order valence-corrected chi connectivity index (χ1v) is 14.8. The third kappa shape index (κ3) is 7.05. The number of benzene rings is 5. The molecule has 2 nitrogen and oxygen atoms in total. The molecule has 5 aromatic carbocycles. The van der Waals surface area contributed by atoms with Crippen molar-refractivity contribution in [3.63, 3.8) is 0 Å². The molecule has 0 fully saturated rings. The number of aryl methyl sites for hydroxylation is 3. The summed E-state index contributed by atoms with van der Waals surface area (Å²) in [7, 11) is 0. The number of anilines is 5. The molecule has 0 atom stereocenters. The van der Waals surface area contributed by atoms with E-state index in [1.165, 1.54) is 33.4 Å². The van der Waals surface area contributed by atoms with Crippen molar-refractivity contribution in [2.75, 3.05) is 9.80 Å². The molecule has 0 bridgehead atoms. The average molecular weight is 561 g/mol. The van der Waals surface area contributed by atoms with E-state index in [1.807, 2.05) is 6.08 Å². The summed E-state index contributed by atoms with van der Waals surface area (Å²) >= 11 is 0. The zero-order valence-electron chi connectivity index (χ0n) is 25.9. The van der Waals surface area contributed by atoms with Crippen LogP contribution in [0.25, 0.3) is 11.1 Å². The molecule has 0 amide bonds. The molecule has 0 heterocycles. The number of allylic oxidation sites excluding steroid dienone is 4. The molecule has 0 spiro atoms. The molecular weight excluding hydrogens is 520 g/mol. The lowest BCUT2D eigenvalue weighted by atomic mass is 10.0. The highest BCUT2D eigenvalue weighted by atomic mass is 15.1. The maximum absolute atomic E-state index is 4.12. The van der Waals surface area contributed by atoms with Crippen LogP contribution < -0.4 is 9.80 Å². The van der Waals surface area contributed by atoms with Gasteiger partial charge in [0.2, 0.25) is 0 Å². The van der Waals surface area contributed by atoms with Crippen molar-refractivity contribution in [1.82, 2.24) is 0 Å². The maximum Gasteiger partial charge on any atom is 0.0462 e. The summed E-state index contributed by atoms with van der Waals surface area (Å²) in [5.41, 5.74) is 13.9. The van der Waals surface area contributed by atoms with Gasteiger partial charge in [-0.05, 0) is 119 Å². The SMILES string of the molecule is C=C/C(=C\C=C(C)C)N(c1ccc(C)cc1)c1ccc(-c2ccc(N(c3ccc(C)cc3)c3ccc(C)cc3)cc2)cc1. The topological polar surface area (TPSA) is 6.48 Å². The fourth-order valence-electron chi connectivity index (χ4n) is 5.07. The van der Waals surface area contributed by atoms with Gasteiger partial charge in [-0.1, -0.05) is 95.6 Å². The number of hydrogen-bond acceptors (Lipinski definition) is 2. The Hall–Kier alpha value is -5.08. The Morgan fingerprint density at radius 3 is 1.14 bits per heavy atom. The van der Waals surface area contributed by atoms with Gasteiger partial charge in [0.25, 0.3) is 0 Å². The van der Waals surface area contributed by atoms with Gasteiger partial charge < -0.3 is 9.80 Å². The highest BCUT2D eigenvalue weighted by molar-refractivity contribution is 5.79. The Balaban J connectivity index is 1.47. The molecule has 2 heteroatoms. The van der Waals surface area contributed by atoms with Gasteiger partial charge in [-0.25, -0.2) is 0 Å². The molecule has 5 aromatic rings. The van der Waals surface area contributed by atoms with Gasteiger partial charge in [0, 0.05) is 34.1 Å². The van der Waals surface area contributed by atoms with E-state index in [0.29, 0.717) is 0 Å². The van der Waals surface area contributed by atoms with Crippen LogP contribution in [0.5, 0.6) is 0 Å². The van der Waals surface area contributed by atoms with Gasteiger partial charge in [0.05, 0.1) is 0 Å². The fraction of sp³-hybridized carbons (Fsp3) is 0.122. The minimum absolute atomic E-state index is 1.02. The van der Waals surface area contributed by atoms with Crippen LogP contribution in [-0.2, 0) is 0 Å². The van der Waals surface area contributed by atoms with E-state index in [2.05, 4.69) is 184 Å². The molecule has 0 radical (unpaired) electrons. The van der Waals surface area contributed by atoms with Crippen molar-refractivity contribution in [3.05, 3.63) is 174 Å². The van der Waals surface area contributed by atoms with Crippen LogP contribution in [0.15, 0.2) is 157 Å². The summed E-state index contributed by atoms with van der Waals surface area (Å²) in [6.45, 7) is 14.7. The van der Waals surface area contributed by atoms with Crippen molar-refractivity contribution < 1.29 is 0 Å². The highest BCUT2D eigenvalue weighted by Crippen LogP contribution is 2.37. The van der Waals surface area contributed by atoms with Crippen LogP contribution in [0.2, 0.25) is 0 Å². The van der Waals surface area contributed by atoms with Crippen LogP contribution >= 0.6 is 0 Å². The van der Waals surface area contributed by atoms with Crippen molar-refractivity contribution in [3.8, 4) is 11.1 Å². The van der Waals surface area contributed by atoms with E-state index in [9.17, 15) is 0 Å². The molecular formula is C41H40N2. The molecule has 0 aliphatic rings. The second kappa shape index (κ2) is 13.3. The van der Waals surface area contributed by atoms with Crippen LogP contribution in [-0.4, -0.2) is 0 Å². The van der Waals surface area contributed by atoms with Gasteiger partial charge in [-0.2, -0.15) is 0 Å². The van der Waals surface area contributed by atoms with E-state index in [-0.39, 0.29) is 0 Å². The summed E-state index contributed by atoms with van der Waals surface area (Å²) in [6.07, 6.45) is 6.17. The zero-order chi connectivity index (χ0) is 30.3. The van der Waals surface area contributed by atoms with E-state index < -0.39 is 0 Å². The summed E-state index contributed by atoms with van der Waals surface area (Å²) in [5.74, 6) is 0. The van der Waals surface area contributed by atoms with Gasteiger partial charge in [-0.15, -0.1) is 0 Å².